The van der Waals surface area contributed by atoms with Gasteiger partial charge in [0, 0.05) is 12.2 Å². The highest BCUT2D eigenvalue weighted by molar-refractivity contribution is 8.13. The standard InChI is InChI=1S/C11H16NO3PS/c1-4-14-16(17,15-10(2)12-13-3)11-8-6-5-7-9-11/h5-9H,4H2,1-3H3/b12-10+. The van der Waals surface area contributed by atoms with Gasteiger partial charge in [-0.15, -0.1) is 0 Å². The second-order valence-corrected chi connectivity index (χ2v) is 6.53. The molecule has 17 heavy (non-hydrogen) atoms. The van der Waals surface area contributed by atoms with Crippen molar-refractivity contribution in [2.75, 3.05) is 13.7 Å². The molecule has 0 saturated carbocycles. The van der Waals surface area contributed by atoms with Crippen molar-refractivity contribution in [2.24, 2.45) is 5.16 Å². The molecule has 1 rings (SSSR count). The van der Waals surface area contributed by atoms with E-state index >= 15 is 0 Å². The van der Waals surface area contributed by atoms with E-state index < -0.39 is 6.49 Å². The van der Waals surface area contributed by atoms with Gasteiger partial charge in [-0.1, -0.05) is 23.4 Å². The lowest BCUT2D eigenvalue weighted by molar-refractivity contribution is 0.204. The zero-order valence-electron chi connectivity index (χ0n) is 10.1. The Bertz CT molecular complexity index is 422. The molecule has 0 radical (unpaired) electrons. The third kappa shape index (κ3) is 4.11. The number of nitrogens with zero attached hydrogens (tertiary/aromatic N) is 1. The van der Waals surface area contributed by atoms with Gasteiger partial charge in [0.05, 0.1) is 6.61 Å². The largest absolute Gasteiger partial charge is 0.423 e. The Morgan fingerprint density at radius 1 is 1.35 bits per heavy atom. The van der Waals surface area contributed by atoms with Gasteiger partial charge < -0.3 is 13.9 Å². The summed E-state index contributed by atoms with van der Waals surface area (Å²) in [6.07, 6.45) is 0. The molecule has 0 spiro atoms. The van der Waals surface area contributed by atoms with E-state index in [1.54, 1.807) is 6.92 Å². The highest BCUT2D eigenvalue weighted by Crippen LogP contribution is 2.47. The average molecular weight is 273 g/mol. The van der Waals surface area contributed by atoms with Gasteiger partial charge in [0.2, 0.25) is 5.90 Å². The van der Waals surface area contributed by atoms with Crippen LogP contribution in [0.5, 0.6) is 0 Å². The Hall–Kier alpha value is -0.900. The molecule has 0 saturated heterocycles. The fourth-order valence-electron chi connectivity index (χ4n) is 1.25. The summed E-state index contributed by atoms with van der Waals surface area (Å²) in [6, 6.07) is 9.53. The number of hydrogen-bond donors (Lipinski definition) is 0. The molecule has 1 atom stereocenters. The van der Waals surface area contributed by atoms with Gasteiger partial charge >= 0.3 is 0 Å². The summed E-state index contributed by atoms with van der Waals surface area (Å²) in [5.41, 5.74) is 0. The Balaban J connectivity index is 2.98. The molecular weight excluding hydrogens is 257 g/mol. The topological polar surface area (TPSA) is 40.0 Å². The summed E-state index contributed by atoms with van der Waals surface area (Å²) in [4.78, 5) is 4.64. The highest BCUT2D eigenvalue weighted by Gasteiger charge is 2.23. The quantitative estimate of drug-likeness (QED) is 0.358. The van der Waals surface area contributed by atoms with Crippen molar-refractivity contribution in [3.63, 3.8) is 0 Å². The van der Waals surface area contributed by atoms with Gasteiger partial charge in [0.15, 0.2) is 0 Å². The van der Waals surface area contributed by atoms with E-state index in [2.05, 4.69) is 9.99 Å². The van der Waals surface area contributed by atoms with Gasteiger partial charge in [-0.25, -0.2) is 0 Å². The molecule has 0 aliphatic rings. The first kappa shape index (κ1) is 14.2. The molecule has 0 bridgehead atoms. The first-order chi connectivity index (χ1) is 8.12. The van der Waals surface area contributed by atoms with Crippen LogP contribution in [-0.4, -0.2) is 19.6 Å². The van der Waals surface area contributed by atoms with E-state index in [1.807, 2.05) is 37.3 Å². The minimum Gasteiger partial charge on any atom is -0.423 e. The maximum Gasteiger partial charge on any atom is 0.270 e. The minimum atomic E-state index is -2.53. The molecular formula is C11H16NO3PS. The van der Waals surface area contributed by atoms with Crippen LogP contribution in [-0.2, 0) is 25.7 Å². The number of rotatable bonds is 5. The maximum absolute atomic E-state index is 5.63. The molecule has 94 valence electrons. The minimum absolute atomic E-state index is 0.369. The Kier molecular flexibility index (Phi) is 5.62. The second-order valence-electron chi connectivity index (χ2n) is 3.13. The Labute approximate surface area is 107 Å². The fraction of sp³-hybridized carbons (Fsp3) is 0.364. The Morgan fingerprint density at radius 2 is 2.00 bits per heavy atom. The number of hydrogen-bond acceptors (Lipinski definition) is 5. The maximum atomic E-state index is 5.63. The fourth-order valence-corrected chi connectivity index (χ4v) is 3.82. The number of oxime groups is 1. The van der Waals surface area contributed by atoms with Crippen molar-refractivity contribution in [1.82, 2.24) is 0 Å². The van der Waals surface area contributed by atoms with Crippen molar-refractivity contribution in [1.29, 1.82) is 0 Å². The van der Waals surface area contributed by atoms with Crippen molar-refractivity contribution in [3.05, 3.63) is 30.3 Å². The van der Waals surface area contributed by atoms with Crippen LogP contribution in [0.4, 0.5) is 0 Å². The monoisotopic (exact) mass is 273 g/mol. The van der Waals surface area contributed by atoms with Crippen LogP contribution in [0.2, 0.25) is 0 Å². The van der Waals surface area contributed by atoms with Crippen LogP contribution in [0.15, 0.2) is 35.5 Å². The molecule has 0 fully saturated rings. The molecule has 0 N–H and O–H groups in total. The van der Waals surface area contributed by atoms with Gasteiger partial charge in [0.1, 0.15) is 7.11 Å². The third-order valence-corrected chi connectivity index (χ3v) is 5.05. The molecule has 0 amide bonds. The highest BCUT2D eigenvalue weighted by atomic mass is 32.5. The molecule has 6 heteroatoms. The molecule has 0 aromatic heterocycles. The van der Waals surface area contributed by atoms with E-state index in [9.17, 15) is 0 Å². The SMILES string of the molecule is CCOP(=S)(O/C(C)=N/OC)c1ccccc1. The molecule has 1 aromatic rings. The predicted octanol–water partition coefficient (Wildman–Crippen LogP) is 2.65. The second kappa shape index (κ2) is 6.74. The van der Waals surface area contributed by atoms with Gasteiger partial charge in [0.25, 0.3) is 6.49 Å². The Morgan fingerprint density at radius 3 is 2.53 bits per heavy atom. The van der Waals surface area contributed by atoms with E-state index in [0.717, 1.165) is 5.30 Å². The van der Waals surface area contributed by atoms with E-state index in [0.29, 0.717) is 12.5 Å². The van der Waals surface area contributed by atoms with Crippen LogP contribution in [0.1, 0.15) is 13.8 Å². The summed E-state index contributed by atoms with van der Waals surface area (Å²) >= 11 is 5.49. The lowest BCUT2D eigenvalue weighted by atomic mass is 10.4. The molecule has 0 aliphatic carbocycles. The molecule has 1 unspecified atom stereocenters. The van der Waals surface area contributed by atoms with Crippen molar-refractivity contribution < 1.29 is 13.9 Å². The normalized spacial score (nSPS) is 15.1. The van der Waals surface area contributed by atoms with Crippen LogP contribution >= 0.6 is 6.49 Å². The van der Waals surface area contributed by atoms with Crippen molar-refractivity contribution in [2.45, 2.75) is 13.8 Å². The summed E-state index contributed by atoms with van der Waals surface area (Å²) in [5, 5.41) is 4.56. The summed E-state index contributed by atoms with van der Waals surface area (Å²) < 4.78 is 11.2. The summed E-state index contributed by atoms with van der Waals surface area (Å²) in [7, 11) is 1.46. The molecule has 4 nitrogen and oxygen atoms in total. The first-order valence-electron chi connectivity index (χ1n) is 5.20. The van der Waals surface area contributed by atoms with Crippen LogP contribution in [0.25, 0.3) is 0 Å². The van der Waals surface area contributed by atoms with Crippen molar-refractivity contribution in [3.8, 4) is 0 Å². The summed E-state index contributed by atoms with van der Waals surface area (Å²) in [6.45, 7) is 1.53. The van der Waals surface area contributed by atoms with Crippen molar-refractivity contribution >= 4 is 29.5 Å². The molecule has 0 heterocycles. The van der Waals surface area contributed by atoms with E-state index in [4.69, 9.17) is 20.9 Å². The number of benzene rings is 1. The zero-order valence-corrected chi connectivity index (χ0v) is 11.8. The zero-order chi connectivity index (χ0) is 12.7. The smallest absolute Gasteiger partial charge is 0.270 e. The van der Waals surface area contributed by atoms with Gasteiger partial charge in [-0.2, -0.15) is 0 Å². The average Bonchev–Trinajstić information content (AvgIpc) is 2.30. The van der Waals surface area contributed by atoms with Crippen LogP contribution in [0.3, 0.4) is 0 Å². The summed E-state index contributed by atoms with van der Waals surface area (Å²) in [5.74, 6) is 0.369. The lowest BCUT2D eigenvalue weighted by Crippen LogP contribution is -2.12. The molecule has 1 aromatic carbocycles. The van der Waals surface area contributed by atoms with Crippen LogP contribution in [0, 0.1) is 0 Å². The molecule has 0 aliphatic heterocycles. The van der Waals surface area contributed by atoms with Gasteiger partial charge in [-0.3, -0.25) is 0 Å². The third-order valence-electron chi connectivity index (χ3n) is 1.84. The van der Waals surface area contributed by atoms with Crippen LogP contribution < -0.4 is 5.30 Å². The lowest BCUT2D eigenvalue weighted by Gasteiger charge is -2.21. The van der Waals surface area contributed by atoms with E-state index in [1.165, 1.54) is 7.11 Å². The van der Waals surface area contributed by atoms with E-state index in [-0.39, 0.29) is 0 Å². The van der Waals surface area contributed by atoms with Gasteiger partial charge in [-0.05, 0) is 30.9 Å². The first-order valence-corrected chi connectivity index (χ1v) is 7.83. The predicted molar refractivity (Wildman–Crippen MR) is 73.2 cm³/mol.